The summed E-state index contributed by atoms with van der Waals surface area (Å²) >= 11 is 0. The molecule has 0 radical (unpaired) electrons. The van der Waals surface area contributed by atoms with Gasteiger partial charge in [0.2, 0.25) is 24.0 Å². The van der Waals surface area contributed by atoms with Crippen molar-refractivity contribution < 1.29 is 19.5 Å². The molecule has 1 rings (SSSR count). The van der Waals surface area contributed by atoms with Gasteiger partial charge in [-0.1, -0.05) is 6.92 Å². The molecule has 0 fully saturated rings. The molecule has 164 valence electrons. The number of aliphatic imine (C=N–C) groups is 1. The number of amides is 2. The van der Waals surface area contributed by atoms with Crippen LogP contribution in [0.25, 0.3) is 0 Å². The summed E-state index contributed by atoms with van der Waals surface area (Å²) in [7, 11) is 0. The number of hydrogen-bond acceptors (Lipinski definition) is 6. The first kappa shape index (κ1) is 24.9. The Bertz CT molecular complexity index is 900. The normalized spacial score (nSPS) is 13.5. The van der Waals surface area contributed by atoms with Gasteiger partial charge in [-0.2, -0.15) is 10.5 Å². The number of nitriles is 2. The van der Waals surface area contributed by atoms with Crippen molar-refractivity contribution in [1.29, 1.82) is 10.5 Å². The zero-order valence-electron chi connectivity index (χ0n) is 17.5. The molecule has 0 saturated carbocycles. The van der Waals surface area contributed by atoms with E-state index < -0.39 is 36.3 Å². The number of carbonyl (C=O) groups is 3. The predicted molar refractivity (Wildman–Crippen MR) is 113 cm³/mol. The first-order chi connectivity index (χ1) is 14.7. The Balaban J connectivity index is 2.92. The van der Waals surface area contributed by atoms with E-state index in [4.69, 9.17) is 15.6 Å². The van der Waals surface area contributed by atoms with Crippen LogP contribution >= 0.6 is 0 Å². The lowest BCUT2D eigenvalue weighted by Crippen LogP contribution is -2.54. The van der Waals surface area contributed by atoms with Crippen molar-refractivity contribution >= 4 is 29.4 Å². The second kappa shape index (κ2) is 12.4. The van der Waals surface area contributed by atoms with Crippen LogP contribution in [0.4, 0.5) is 5.69 Å². The molecule has 1 aromatic rings. The Morgan fingerprint density at radius 1 is 1.06 bits per heavy atom. The maximum atomic E-state index is 12.6. The number of carbonyl (C=O) groups excluding carboxylic acids is 2. The molecule has 0 spiro atoms. The van der Waals surface area contributed by atoms with Gasteiger partial charge in [0, 0.05) is 11.7 Å². The fourth-order valence-corrected chi connectivity index (χ4v) is 2.31. The van der Waals surface area contributed by atoms with Gasteiger partial charge in [-0.05, 0) is 44.5 Å². The van der Waals surface area contributed by atoms with E-state index in [1.165, 1.54) is 19.1 Å². The summed E-state index contributed by atoms with van der Waals surface area (Å²) in [6, 6.07) is 5.86. The van der Waals surface area contributed by atoms with Crippen LogP contribution in [0.3, 0.4) is 0 Å². The molecule has 0 aliphatic carbocycles. The molecule has 1 unspecified atom stereocenters. The van der Waals surface area contributed by atoms with Crippen LogP contribution in [0.5, 0.6) is 0 Å². The molecule has 0 bridgehead atoms. The Morgan fingerprint density at radius 3 is 2.23 bits per heavy atom. The molecule has 0 aliphatic rings. The van der Waals surface area contributed by atoms with Gasteiger partial charge in [-0.3, -0.25) is 14.4 Å². The van der Waals surface area contributed by atoms with E-state index >= 15 is 0 Å². The van der Waals surface area contributed by atoms with E-state index in [0.29, 0.717) is 17.7 Å². The fraction of sp³-hybridized carbons (Fsp3) is 0.400. The van der Waals surface area contributed by atoms with Crippen LogP contribution < -0.4 is 21.3 Å². The highest BCUT2D eigenvalue weighted by Crippen LogP contribution is 2.09. The number of benzene rings is 1. The highest BCUT2D eigenvalue weighted by Gasteiger charge is 2.26. The molecule has 11 heteroatoms. The van der Waals surface area contributed by atoms with Crippen LogP contribution in [-0.4, -0.2) is 47.0 Å². The number of anilines is 1. The number of rotatable bonds is 9. The average Bonchev–Trinajstić information content (AvgIpc) is 2.73. The summed E-state index contributed by atoms with van der Waals surface area (Å²) in [6.07, 6.45) is 1.66. The SMILES string of the molecule is CCC(C)NC(=O)[C@@H](C)NC(=O)[C@H](CC(=O)O)NC(=NC#N)Nc1ccc(C#N)cc1. The van der Waals surface area contributed by atoms with Crippen LogP contribution in [0.2, 0.25) is 0 Å². The number of aliphatic carboxylic acids is 1. The predicted octanol–water partition coefficient (Wildman–Crippen LogP) is 0.660. The number of carboxylic acids is 1. The maximum absolute atomic E-state index is 12.6. The van der Waals surface area contributed by atoms with Gasteiger partial charge in [0.05, 0.1) is 18.1 Å². The van der Waals surface area contributed by atoms with Gasteiger partial charge in [0.1, 0.15) is 12.1 Å². The number of guanidine groups is 1. The summed E-state index contributed by atoms with van der Waals surface area (Å²) in [5, 5.41) is 37.5. The summed E-state index contributed by atoms with van der Waals surface area (Å²) in [5.74, 6) is -2.58. The van der Waals surface area contributed by atoms with Gasteiger partial charge in [-0.25, -0.2) is 0 Å². The first-order valence-corrected chi connectivity index (χ1v) is 9.53. The van der Waals surface area contributed by atoms with Gasteiger partial charge < -0.3 is 26.4 Å². The van der Waals surface area contributed by atoms with Gasteiger partial charge >= 0.3 is 5.97 Å². The lowest BCUT2D eigenvalue weighted by Gasteiger charge is -2.22. The van der Waals surface area contributed by atoms with Crippen molar-refractivity contribution in [3.05, 3.63) is 29.8 Å². The van der Waals surface area contributed by atoms with E-state index in [1.807, 2.05) is 19.9 Å². The van der Waals surface area contributed by atoms with Crippen molar-refractivity contribution in [3.63, 3.8) is 0 Å². The van der Waals surface area contributed by atoms with E-state index in [1.54, 1.807) is 18.3 Å². The van der Waals surface area contributed by atoms with Crippen LogP contribution in [0.1, 0.15) is 39.2 Å². The van der Waals surface area contributed by atoms with Crippen LogP contribution in [0, 0.1) is 22.8 Å². The third kappa shape index (κ3) is 8.83. The van der Waals surface area contributed by atoms with Gasteiger partial charge in [-0.15, -0.1) is 4.99 Å². The Labute approximate surface area is 180 Å². The molecule has 11 nitrogen and oxygen atoms in total. The van der Waals surface area contributed by atoms with E-state index in [2.05, 4.69) is 26.3 Å². The van der Waals surface area contributed by atoms with E-state index in [9.17, 15) is 14.4 Å². The van der Waals surface area contributed by atoms with E-state index in [0.717, 1.165) is 0 Å². The summed E-state index contributed by atoms with van der Waals surface area (Å²) in [6.45, 7) is 5.20. The Morgan fingerprint density at radius 2 is 1.71 bits per heavy atom. The molecule has 2 amide bonds. The minimum atomic E-state index is -1.31. The monoisotopic (exact) mass is 427 g/mol. The molecule has 1 aromatic carbocycles. The quantitative estimate of drug-likeness (QED) is 0.216. The molecule has 5 N–H and O–H groups in total. The highest BCUT2D eigenvalue weighted by molar-refractivity contribution is 5.99. The number of nitrogens with zero attached hydrogens (tertiary/aromatic N) is 3. The minimum absolute atomic E-state index is 0.0780. The Hall–Kier alpha value is -4.12. The first-order valence-electron chi connectivity index (χ1n) is 9.53. The van der Waals surface area contributed by atoms with Crippen molar-refractivity contribution in [1.82, 2.24) is 16.0 Å². The maximum Gasteiger partial charge on any atom is 0.305 e. The van der Waals surface area contributed by atoms with Crippen molar-refractivity contribution in [2.75, 3.05) is 5.32 Å². The molecule has 0 aliphatic heterocycles. The average molecular weight is 427 g/mol. The zero-order chi connectivity index (χ0) is 23.4. The number of nitrogens with one attached hydrogen (secondary N) is 4. The molecular weight excluding hydrogens is 402 g/mol. The summed E-state index contributed by atoms with van der Waals surface area (Å²) in [4.78, 5) is 39.5. The standard InChI is InChI=1S/C20H25N7O4/c1-4-12(2)24-18(30)13(3)25-19(31)16(9-17(28)29)27-20(23-11-22)26-15-7-5-14(10-21)6-8-15/h5-8,12-13,16H,4,9H2,1-3H3,(H,24,30)(H,25,31)(H,28,29)(H2,23,26,27)/t12?,13-,16+/m1/s1. The lowest BCUT2D eigenvalue weighted by atomic mass is 10.1. The lowest BCUT2D eigenvalue weighted by molar-refractivity contribution is -0.140. The minimum Gasteiger partial charge on any atom is -0.481 e. The molecule has 31 heavy (non-hydrogen) atoms. The summed E-state index contributed by atoms with van der Waals surface area (Å²) in [5.41, 5.74) is 0.876. The smallest absolute Gasteiger partial charge is 0.305 e. The number of carboxylic acid groups (broad SMARTS) is 1. The largest absolute Gasteiger partial charge is 0.481 e. The second-order valence-corrected chi connectivity index (χ2v) is 6.72. The summed E-state index contributed by atoms with van der Waals surface area (Å²) < 4.78 is 0. The third-order valence-corrected chi connectivity index (χ3v) is 4.20. The van der Waals surface area contributed by atoms with E-state index in [-0.39, 0.29) is 12.0 Å². The Kier molecular flexibility index (Phi) is 10.0. The van der Waals surface area contributed by atoms with Crippen LogP contribution in [0.15, 0.2) is 29.3 Å². The van der Waals surface area contributed by atoms with Crippen LogP contribution in [-0.2, 0) is 14.4 Å². The fourth-order valence-electron chi connectivity index (χ4n) is 2.31. The molecular formula is C20H25N7O4. The number of hydrogen-bond donors (Lipinski definition) is 5. The highest BCUT2D eigenvalue weighted by atomic mass is 16.4. The van der Waals surface area contributed by atoms with Gasteiger partial charge in [0.15, 0.2) is 0 Å². The third-order valence-electron chi connectivity index (χ3n) is 4.20. The molecule has 0 saturated heterocycles. The zero-order valence-corrected chi connectivity index (χ0v) is 17.5. The topological polar surface area (TPSA) is 180 Å². The molecule has 3 atom stereocenters. The van der Waals surface area contributed by atoms with Gasteiger partial charge in [0.25, 0.3) is 0 Å². The van der Waals surface area contributed by atoms with Crippen molar-refractivity contribution in [2.24, 2.45) is 4.99 Å². The molecule has 0 heterocycles. The van der Waals surface area contributed by atoms with Crippen molar-refractivity contribution in [3.8, 4) is 12.3 Å². The second-order valence-electron chi connectivity index (χ2n) is 6.72. The van der Waals surface area contributed by atoms with Crippen molar-refractivity contribution in [2.45, 2.75) is 51.7 Å². The molecule has 0 aromatic heterocycles.